The Balaban J connectivity index is 2.27. The molecule has 0 spiro atoms. The van der Waals surface area contributed by atoms with Gasteiger partial charge in [-0.3, -0.25) is 0 Å². The van der Waals surface area contributed by atoms with Gasteiger partial charge in [-0.2, -0.15) is 0 Å². The number of nitrogen functional groups attached to an aromatic ring is 1. The number of nitrogens with one attached hydrogen (secondary N) is 1. The average Bonchev–Trinajstić information content (AvgIpc) is 2.34. The van der Waals surface area contributed by atoms with Crippen LogP contribution in [0.3, 0.4) is 0 Å². The molecule has 0 radical (unpaired) electrons. The van der Waals surface area contributed by atoms with Gasteiger partial charge in [0.05, 0.1) is 17.8 Å². The van der Waals surface area contributed by atoms with Crippen molar-refractivity contribution in [3.63, 3.8) is 0 Å². The highest BCUT2D eigenvalue weighted by Crippen LogP contribution is 2.27. The summed E-state index contributed by atoms with van der Waals surface area (Å²) in [4.78, 5) is 7.96. The fraction of sp³-hybridized carbons (Fsp3) is 0.0909. The lowest BCUT2D eigenvalue weighted by Crippen LogP contribution is -1.97. The molecule has 0 saturated carbocycles. The number of hydrogen-bond acceptors (Lipinski definition) is 5. The van der Waals surface area contributed by atoms with Crippen LogP contribution in [0.2, 0.25) is 5.02 Å². The van der Waals surface area contributed by atoms with Crippen molar-refractivity contribution in [2.24, 2.45) is 0 Å². The van der Waals surface area contributed by atoms with E-state index in [0.29, 0.717) is 28.1 Å². The molecule has 0 saturated heterocycles. The lowest BCUT2D eigenvalue weighted by Gasteiger charge is -2.08. The van der Waals surface area contributed by atoms with E-state index in [2.05, 4.69) is 15.3 Å². The van der Waals surface area contributed by atoms with E-state index < -0.39 is 0 Å². The number of hydrogen-bond donors (Lipinski definition) is 2. The van der Waals surface area contributed by atoms with Gasteiger partial charge in [0.25, 0.3) is 0 Å². The second-order valence-corrected chi connectivity index (χ2v) is 3.72. The predicted molar refractivity (Wildman–Crippen MR) is 67.7 cm³/mol. The number of nitrogens with zero attached hydrogens (tertiary/aromatic N) is 2. The Kier molecular flexibility index (Phi) is 3.30. The molecule has 0 unspecified atom stereocenters. The summed E-state index contributed by atoms with van der Waals surface area (Å²) in [6.07, 6.45) is 1.40. The van der Waals surface area contributed by atoms with Crippen molar-refractivity contribution in [3.8, 4) is 5.88 Å². The van der Waals surface area contributed by atoms with Gasteiger partial charge in [-0.05, 0) is 18.2 Å². The van der Waals surface area contributed by atoms with Gasteiger partial charge < -0.3 is 15.8 Å². The first kappa shape index (κ1) is 11.5. The maximum Gasteiger partial charge on any atom is 0.218 e. The SMILES string of the molecule is COc1cc(Nc2cc(N)ccc2Cl)ncn1. The molecule has 0 bridgehead atoms. The largest absolute Gasteiger partial charge is 0.481 e. The fourth-order valence-corrected chi connectivity index (χ4v) is 1.46. The van der Waals surface area contributed by atoms with Crippen molar-refractivity contribution in [1.82, 2.24) is 9.97 Å². The van der Waals surface area contributed by atoms with E-state index in [1.165, 1.54) is 6.33 Å². The summed E-state index contributed by atoms with van der Waals surface area (Å²) in [5, 5.41) is 3.61. The monoisotopic (exact) mass is 250 g/mol. The molecular weight excluding hydrogens is 240 g/mol. The van der Waals surface area contributed by atoms with Crippen LogP contribution < -0.4 is 15.8 Å². The second-order valence-electron chi connectivity index (χ2n) is 3.31. The van der Waals surface area contributed by atoms with Crippen LogP contribution in [0.1, 0.15) is 0 Å². The Morgan fingerprint density at radius 3 is 2.88 bits per heavy atom. The van der Waals surface area contributed by atoms with Gasteiger partial charge >= 0.3 is 0 Å². The third-order valence-electron chi connectivity index (χ3n) is 2.10. The van der Waals surface area contributed by atoms with Gasteiger partial charge in [0, 0.05) is 11.8 Å². The lowest BCUT2D eigenvalue weighted by atomic mass is 10.3. The summed E-state index contributed by atoms with van der Waals surface area (Å²) >= 11 is 6.03. The van der Waals surface area contributed by atoms with E-state index in [1.54, 1.807) is 31.4 Å². The number of rotatable bonds is 3. The van der Waals surface area contributed by atoms with Gasteiger partial charge in [-0.25, -0.2) is 9.97 Å². The highest BCUT2D eigenvalue weighted by Gasteiger charge is 2.03. The second kappa shape index (κ2) is 4.88. The third kappa shape index (κ3) is 2.76. The van der Waals surface area contributed by atoms with Gasteiger partial charge in [0.1, 0.15) is 12.1 Å². The molecule has 1 aromatic carbocycles. The van der Waals surface area contributed by atoms with Gasteiger partial charge in [0.15, 0.2) is 0 Å². The van der Waals surface area contributed by atoms with Crippen molar-refractivity contribution in [2.45, 2.75) is 0 Å². The topological polar surface area (TPSA) is 73.1 Å². The van der Waals surface area contributed by atoms with Crippen LogP contribution in [0.5, 0.6) is 5.88 Å². The summed E-state index contributed by atoms with van der Waals surface area (Å²) < 4.78 is 5.00. The molecule has 5 nitrogen and oxygen atoms in total. The first-order chi connectivity index (χ1) is 8.19. The molecule has 2 aromatic rings. The molecule has 1 heterocycles. The molecule has 0 aliphatic rings. The zero-order chi connectivity index (χ0) is 12.3. The standard InChI is InChI=1S/C11H11ClN4O/c1-17-11-5-10(14-6-15-11)16-9-4-7(13)2-3-8(9)12/h2-6H,13H2,1H3,(H,14,15,16). The molecule has 17 heavy (non-hydrogen) atoms. The van der Waals surface area contributed by atoms with E-state index in [0.717, 1.165) is 0 Å². The number of halogens is 1. The van der Waals surface area contributed by atoms with Crippen molar-refractivity contribution < 1.29 is 4.74 Å². The van der Waals surface area contributed by atoms with Crippen LogP contribution in [0.4, 0.5) is 17.2 Å². The van der Waals surface area contributed by atoms with E-state index in [1.807, 2.05) is 0 Å². The molecular formula is C11H11ClN4O. The van der Waals surface area contributed by atoms with E-state index >= 15 is 0 Å². The highest BCUT2D eigenvalue weighted by molar-refractivity contribution is 6.33. The number of benzene rings is 1. The highest BCUT2D eigenvalue weighted by atomic mass is 35.5. The van der Waals surface area contributed by atoms with Crippen LogP contribution in [-0.2, 0) is 0 Å². The van der Waals surface area contributed by atoms with Crippen molar-refractivity contribution in [3.05, 3.63) is 35.6 Å². The normalized spacial score (nSPS) is 10.0. The van der Waals surface area contributed by atoms with Gasteiger partial charge in [-0.1, -0.05) is 11.6 Å². The maximum atomic E-state index is 6.03. The summed E-state index contributed by atoms with van der Waals surface area (Å²) in [5.74, 6) is 1.06. The van der Waals surface area contributed by atoms with Crippen LogP contribution in [0, 0.1) is 0 Å². The minimum absolute atomic E-state index is 0.475. The Labute approximate surface area is 104 Å². The molecule has 0 aliphatic carbocycles. The van der Waals surface area contributed by atoms with Gasteiger partial charge in [0.2, 0.25) is 5.88 Å². The molecule has 0 fully saturated rings. The Morgan fingerprint density at radius 2 is 2.12 bits per heavy atom. The molecule has 88 valence electrons. The first-order valence-electron chi connectivity index (χ1n) is 4.87. The summed E-state index contributed by atoms with van der Waals surface area (Å²) in [6, 6.07) is 6.85. The molecule has 0 atom stereocenters. The fourth-order valence-electron chi connectivity index (χ4n) is 1.30. The number of aromatic nitrogens is 2. The number of ether oxygens (including phenoxy) is 1. The molecule has 3 N–H and O–H groups in total. The smallest absolute Gasteiger partial charge is 0.218 e. The average molecular weight is 251 g/mol. The zero-order valence-corrected chi connectivity index (χ0v) is 9.90. The minimum atomic E-state index is 0.475. The Morgan fingerprint density at radius 1 is 1.29 bits per heavy atom. The lowest BCUT2D eigenvalue weighted by molar-refractivity contribution is 0.397. The summed E-state index contributed by atoms with van der Waals surface area (Å²) in [6.45, 7) is 0. The Hall–Kier alpha value is -2.01. The van der Waals surface area contributed by atoms with E-state index in [4.69, 9.17) is 22.1 Å². The van der Waals surface area contributed by atoms with Crippen molar-refractivity contribution >= 4 is 28.8 Å². The van der Waals surface area contributed by atoms with E-state index in [-0.39, 0.29) is 0 Å². The quantitative estimate of drug-likeness (QED) is 0.819. The number of anilines is 3. The maximum absolute atomic E-state index is 6.03. The Bertz CT molecular complexity index is 533. The third-order valence-corrected chi connectivity index (χ3v) is 2.43. The molecule has 1 aromatic heterocycles. The predicted octanol–water partition coefficient (Wildman–Crippen LogP) is 2.46. The first-order valence-corrected chi connectivity index (χ1v) is 5.25. The molecule has 2 rings (SSSR count). The van der Waals surface area contributed by atoms with Crippen LogP contribution in [0.25, 0.3) is 0 Å². The number of nitrogens with two attached hydrogens (primary N) is 1. The molecule has 0 amide bonds. The minimum Gasteiger partial charge on any atom is -0.481 e. The number of methoxy groups -OCH3 is 1. The van der Waals surface area contributed by atoms with Crippen molar-refractivity contribution in [1.29, 1.82) is 0 Å². The van der Waals surface area contributed by atoms with Crippen LogP contribution >= 0.6 is 11.6 Å². The van der Waals surface area contributed by atoms with Gasteiger partial charge in [-0.15, -0.1) is 0 Å². The van der Waals surface area contributed by atoms with Crippen LogP contribution in [-0.4, -0.2) is 17.1 Å². The summed E-state index contributed by atoms with van der Waals surface area (Å²) in [5.41, 5.74) is 6.99. The van der Waals surface area contributed by atoms with Crippen molar-refractivity contribution in [2.75, 3.05) is 18.2 Å². The molecule has 0 aliphatic heterocycles. The zero-order valence-electron chi connectivity index (χ0n) is 9.14. The van der Waals surface area contributed by atoms with Crippen LogP contribution in [0.15, 0.2) is 30.6 Å². The molecule has 6 heteroatoms. The van der Waals surface area contributed by atoms with E-state index in [9.17, 15) is 0 Å². The summed E-state index contributed by atoms with van der Waals surface area (Å²) in [7, 11) is 1.54.